The molecule has 0 spiro atoms. The zero-order valence-electron chi connectivity index (χ0n) is 10.7. The molecule has 0 aliphatic carbocycles. The van der Waals surface area contributed by atoms with Crippen LogP contribution >= 0.6 is 0 Å². The molecule has 3 N–H and O–H groups in total. The van der Waals surface area contributed by atoms with Gasteiger partial charge in [-0.15, -0.1) is 0 Å². The molecular formula is C14H20N2O2. The van der Waals surface area contributed by atoms with Crippen LogP contribution in [0.1, 0.15) is 31.2 Å². The maximum atomic E-state index is 11.8. The molecule has 1 aliphatic heterocycles. The lowest BCUT2D eigenvalue weighted by Crippen LogP contribution is -2.25. The van der Waals surface area contributed by atoms with E-state index in [2.05, 4.69) is 5.32 Å². The quantitative estimate of drug-likeness (QED) is 0.808. The molecule has 1 unspecified atom stereocenters. The Morgan fingerprint density at radius 3 is 3.00 bits per heavy atom. The molecular weight excluding hydrogens is 228 g/mol. The standard InChI is InChI=1S/C14H20N2O2/c1-10-5-6-11(8-13(10)15)16-14(17)9-12-4-2-3-7-18-12/h5-6,8,12H,2-4,7,9,15H2,1H3,(H,16,17). The minimum atomic E-state index is -0.00912. The number of amides is 1. The number of carbonyl (C=O) groups is 1. The second-order valence-corrected chi connectivity index (χ2v) is 4.81. The monoisotopic (exact) mass is 248 g/mol. The van der Waals surface area contributed by atoms with Crippen LogP contribution in [0.25, 0.3) is 0 Å². The van der Waals surface area contributed by atoms with Crippen LogP contribution in [0.3, 0.4) is 0 Å². The lowest BCUT2D eigenvalue weighted by atomic mass is 10.1. The van der Waals surface area contributed by atoms with Gasteiger partial charge in [0.05, 0.1) is 12.5 Å². The molecule has 1 fully saturated rings. The van der Waals surface area contributed by atoms with Crippen LogP contribution < -0.4 is 11.1 Å². The highest BCUT2D eigenvalue weighted by Gasteiger charge is 2.17. The molecule has 0 bridgehead atoms. The Balaban J connectivity index is 1.88. The molecule has 1 amide bonds. The smallest absolute Gasteiger partial charge is 0.226 e. The van der Waals surface area contributed by atoms with Crippen LogP contribution in [0.15, 0.2) is 18.2 Å². The van der Waals surface area contributed by atoms with Gasteiger partial charge in [0.25, 0.3) is 0 Å². The van der Waals surface area contributed by atoms with Crippen LogP contribution in [0.2, 0.25) is 0 Å². The fourth-order valence-corrected chi connectivity index (χ4v) is 2.11. The summed E-state index contributed by atoms with van der Waals surface area (Å²) in [5.74, 6) is -0.00912. The lowest BCUT2D eigenvalue weighted by molar-refractivity contribution is -0.119. The second-order valence-electron chi connectivity index (χ2n) is 4.81. The summed E-state index contributed by atoms with van der Waals surface area (Å²) in [6.45, 7) is 2.71. The highest BCUT2D eigenvalue weighted by Crippen LogP contribution is 2.19. The third-order valence-electron chi connectivity index (χ3n) is 3.25. The van der Waals surface area contributed by atoms with Crippen molar-refractivity contribution >= 4 is 17.3 Å². The summed E-state index contributed by atoms with van der Waals surface area (Å²) < 4.78 is 5.54. The molecule has 1 aliphatic rings. The minimum absolute atomic E-state index is 0.00912. The molecule has 98 valence electrons. The average molecular weight is 248 g/mol. The molecule has 0 radical (unpaired) electrons. The first-order valence-corrected chi connectivity index (χ1v) is 6.43. The van der Waals surface area contributed by atoms with Gasteiger partial charge in [0.2, 0.25) is 5.91 Å². The number of ether oxygens (including phenoxy) is 1. The van der Waals surface area contributed by atoms with Crippen molar-refractivity contribution in [3.63, 3.8) is 0 Å². The van der Waals surface area contributed by atoms with Crippen LogP contribution in [0, 0.1) is 6.92 Å². The number of carbonyl (C=O) groups excluding carboxylic acids is 1. The first kappa shape index (κ1) is 12.9. The molecule has 0 aromatic heterocycles. The summed E-state index contributed by atoms with van der Waals surface area (Å²) in [4.78, 5) is 11.8. The summed E-state index contributed by atoms with van der Waals surface area (Å²) in [5, 5.41) is 2.86. The highest BCUT2D eigenvalue weighted by molar-refractivity contribution is 5.91. The van der Waals surface area contributed by atoms with Crippen molar-refractivity contribution < 1.29 is 9.53 Å². The molecule has 1 atom stereocenters. The van der Waals surface area contributed by atoms with E-state index in [1.165, 1.54) is 0 Å². The number of nitrogens with two attached hydrogens (primary N) is 1. The first-order valence-electron chi connectivity index (χ1n) is 6.43. The van der Waals surface area contributed by atoms with Crippen molar-refractivity contribution in [3.8, 4) is 0 Å². The zero-order chi connectivity index (χ0) is 13.0. The third-order valence-corrected chi connectivity index (χ3v) is 3.25. The first-order chi connectivity index (χ1) is 8.65. The van der Waals surface area contributed by atoms with Crippen molar-refractivity contribution in [1.29, 1.82) is 0 Å². The number of anilines is 2. The minimum Gasteiger partial charge on any atom is -0.398 e. The molecule has 0 saturated carbocycles. The summed E-state index contributed by atoms with van der Waals surface area (Å²) in [5.41, 5.74) is 8.27. The van der Waals surface area contributed by atoms with Crippen LogP contribution in [0.4, 0.5) is 11.4 Å². The maximum Gasteiger partial charge on any atom is 0.226 e. The normalized spacial score (nSPS) is 19.5. The van der Waals surface area contributed by atoms with Gasteiger partial charge in [-0.1, -0.05) is 6.07 Å². The number of rotatable bonds is 3. The van der Waals surface area contributed by atoms with Crippen LogP contribution in [-0.4, -0.2) is 18.6 Å². The summed E-state index contributed by atoms with van der Waals surface area (Å²) in [6, 6.07) is 5.56. The Morgan fingerprint density at radius 1 is 1.50 bits per heavy atom. The molecule has 1 aromatic rings. The Morgan fingerprint density at radius 2 is 2.33 bits per heavy atom. The summed E-state index contributed by atoms with van der Waals surface area (Å²) in [7, 11) is 0. The summed E-state index contributed by atoms with van der Waals surface area (Å²) in [6.07, 6.45) is 3.72. The maximum absolute atomic E-state index is 11.8. The van der Waals surface area contributed by atoms with Crippen molar-refractivity contribution in [2.75, 3.05) is 17.7 Å². The van der Waals surface area contributed by atoms with Gasteiger partial charge in [0.15, 0.2) is 0 Å². The van der Waals surface area contributed by atoms with Crippen molar-refractivity contribution in [3.05, 3.63) is 23.8 Å². The second kappa shape index (κ2) is 5.87. The SMILES string of the molecule is Cc1ccc(NC(=O)CC2CCCCO2)cc1N. The van der Waals surface area contributed by atoms with E-state index in [9.17, 15) is 4.79 Å². The predicted octanol–water partition coefficient (Wildman–Crippen LogP) is 2.47. The fraction of sp³-hybridized carbons (Fsp3) is 0.500. The number of hydrogen-bond acceptors (Lipinski definition) is 3. The molecule has 1 aromatic carbocycles. The van der Waals surface area contributed by atoms with E-state index in [1.807, 2.05) is 19.1 Å². The molecule has 4 heteroatoms. The van der Waals surface area contributed by atoms with Crippen molar-refractivity contribution in [2.45, 2.75) is 38.7 Å². The van der Waals surface area contributed by atoms with E-state index in [4.69, 9.17) is 10.5 Å². The van der Waals surface area contributed by atoms with Gasteiger partial charge in [0, 0.05) is 18.0 Å². The Kier molecular flexibility index (Phi) is 4.20. The van der Waals surface area contributed by atoms with Gasteiger partial charge in [-0.3, -0.25) is 4.79 Å². The fourth-order valence-electron chi connectivity index (χ4n) is 2.11. The predicted molar refractivity (Wildman–Crippen MR) is 72.4 cm³/mol. The molecule has 2 rings (SSSR count). The number of aryl methyl sites for hydroxylation is 1. The third kappa shape index (κ3) is 3.47. The van der Waals surface area contributed by atoms with E-state index in [0.717, 1.165) is 37.1 Å². The van der Waals surface area contributed by atoms with E-state index in [1.54, 1.807) is 6.07 Å². The number of nitrogens with one attached hydrogen (secondary N) is 1. The van der Waals surface area contributed by atoms with E-state index >= 15 is 0 Å². The van der Waals surface area contributed by atoms with Gasteiger partial charge in [-0.25, -0.2) is 0 Å². The topological polar surface area (TPSA) is 64.3 Å². The van der Waals surface area contributed by atoms with Crippen molar-refractivity contribution in [2.24, 2.45) is 0 Å². The molecule has 1 heterocycles. The summed E-state index contributed by atoms with van der Waals surface area (Å²) >= 11 is 0. The van der Waals surface area contributed by atoms with Gasteiger partial charge in [0.1, 0.15) is 0 Å². The van der Waals surface area contributed by atoms with Crippen LogP contribution in [-0.2, 0) is 9.53 Å². The van der Waals surface area contributed by atoms with E-state index in [-0.39, 0.29) is 12.0 Å². The van der Waals surface area contributed by atoms with E-state index < -0.39 is 0 Å². The molecule has 1 saturated heterocycles. The highest BCUT2D eigenvalue weighted by atomic mass is 16.5. The zero-order valence-corrected chi connectivity index (χ0v) is 10.7. The van der Waals surface area contributed by atoms with Crippen LogP contribution in [0.5, 0.6) is 0 Å². The molecule has 18 heavy (non-hydrogen) atoms. The van der Waals surface area contributed by atoms with Crippen molar-refractivity contribution in [1.82, 2.24) is 0 Å². The Hall–Kier alpha value is -1.55. The largest absolute Gasteiger partial charge is 0.398 e. The molecule has 4 nitrogen and oxygen atoms in total. The van der Waals surface area contributed by atoms with Gasteiger partial charge < -0.3 is 15.8 Å². The average Bonchev–Trinajstić information content (AvgIpc) is 2.35. The Bertz CT molecular complexity index is 426. The Labute approximate surface area is 108 Å². The number of nitrogen functional groups attached to an aromatic ring is 1. The van der Waals surface area contributed by atoms with Gasteiger partial charge in [-0.2, -0.15) is 0 Å². The number of hydrogen-bond donors (Lipinski definition) is 2. The van der Waals surface area contributed by atoms with Gasteiger partial charge >= 0.3 is 0 Å². The lowest BCUT2D eigenvalue weighted by Gasteiger charge is -2.22. The number of benzene rings is 1. The van der Waals surface area contributed by atoms with E-state index in [0.29, 0.717) is 12.1 Å². The van der Waals surface area contributed by atoms with Gasteiger partial charge in [-0.05, 0) is 43.9 Å².